The quantitative estimate of drug-likeness (QED) is 0.624. The van der Waals surface area contributed by atoms with Gasteiger partial charge in [-0.1, -0.05) is 0 Å². The molecule has 0 aromatic heterocycles. The maximum atomic E-state index is 10.7. The Bertz CT molecular complexity index is 201. The average molecular weight is 167 g/mol. The number of likely N-dealkylation sites (tertiary alicyclic amines) is 1. The zero-order chi connectivity index (χ0) is 8.97. The predicted molar refractivity (Wildman–Crippen MR) is 44.1 cm³/mol. The van der Waals surface area contributed by atoms with Crippen LogP contribution >= 0.6 is 0 Å². The molecule has 1 heterocycles. The summed E-state index contributed by atoms with van der Waals surface area (Å²) in [6, 6.07) is 1.80. The molecule has 0 unspecified atom stereocenters. The Morgan fingerprint density at radius 3 is 2.58 bits per heavy atom. The predicted octanol–water partition coefficient (Wildman–Crippen LogP) is 0.691. The summed E-state index contributed by atoms with van der Waals surface area (Å²) in [6.45, 7) is 1.42. The van der Waals surface area contributed by atoms with Gasteiger partial charge in [-0.3, -0.25) is 0 Å². The van der Waals surface area contributed by atoms with Crippen LogP contribution in [0.1, 0.15) is 19.3 Å². The maximum Gasteiger partial charge on any atom is 0.314 e. The fraction of sp³-hybridized carbons (Fsp3) is 0.750. The van der Waals surface area contributed by atoms with Gasteiger partial charge in [0.2, 0.25) is 0 Å². The summed E-state index contributed by atoms with van der Waals surface area (Å²) in [7, 11) is 0. The van der Waals surface area contributed by atoms with E-state index in [1.165, 1.54) is 0 Å². The van der Waals surface area contributed by atoms with Crippen molar-refractivity contribution in [2.75, 3.05) is 13.1 Å². The molecule has 1 rings (SSSR count). The summed E-state index contributed by atoms with van der Waals surface area (Å²) in [6.07, 6.45) is 2.43. The van der Waals surface area contributed by atoms with Gasteiger partial charge in [0.15, 0.2) is 0 Å². The van der Waals surface area contributed by atoms with E-state index in [1.807, 2.05) is 0 Å². The number of hydrogen-bond acceptors (Lipinski definition) is 2. The van der Waals surface area contributed by atoms with E-state index in [2.05, 4.69) is 6.07 Å². The normalized spacial score (nSPS) is 18.8. The van der Waals surface area contributed by atoms with Crippen molar-refractivity contribution in [3.05, 3.63) is 0 Å². The second kappa shape index (κ2) is 3.96. The van der Waals surface area contributed by atoms with Crippen LogP contribution in [0.5, 0.6) is 0 Å². The molecule has 0 radical (unpaired) electrons. The van der Waals surface area contributed by atoms with Crippen molar-refractivity contribution in [1.29, 1.82) is 5.26 Å². The minimum absolute atomic E-state index is 0.342. The summed E-state index contributed by atoms with van der Waals surface area (Å²) < 4.78 is 0. The van der Waals surface area contributed by atoms with Crippen LogP contribution < -0.4 is 5.73 Å². The van der Waals surface area contributed by atoms with Crippen molar-refractivity contribution in [3.8, 4) is 6.07 Å². The zero-order valence-corrected chi connectivity index (χ0v) is 6.99. The number of carbonyl (C=O) groups excluding carboxylic acids is 1. The number of carbonyl (C=O) groups is 1. The van der Waals surface area contributed by atoms with Gasteiger partial charge >= 0.3 is 6.03 Å². The number of hydrogen-bond donors (Lipinski definition) is 1. The second-order valence-electron chi connectivity index (χ2n) is 3.13. The first-order chi connectivity index (χ1) is 5.74. The summed E-state index contributed by atoms with van der Waals surface area (Å²) in [5.74, 6) is 0.464. The Morgan fingerprint density at radius 1 is 1.58 bits per heavy atom. The first kappa shape index (κ1) is 8.85. The van der Waals surface area contributed by atoms with Gasteiger partial charge in [-0.2, -0.15) is 5.26 Å². The molecule has 1 fully saturated rings. The average Bonchev–Trinajstić information content (AvgIpc) is 2.06. The molecule has 4 nitrogen and oxygen atoms in total. The number of nitriles is 1. The zero-order valence-electron chi connectivity index (χ0n) is 6.99. The molecule has 4 heteroatoms. The monoisotopic (exact) mass is 167 g/mol. The molecule has 0 aromatic rings. The SMILES string of the molecule is N#CCC1CCN(C(N)=O)CC1. The topological polar surface area (TPSA) is 70.1 Å². The Labute approximate surface area is 71.9 Å². The molecule has 1 saturated heterocycles. The van der Waals surface area contributed by atoms with E-state index >= 15 is 0 Å². The molecule has 0 aromatic carbocycles. The van der Waals surface area contributed by atoms with E-state index in [9.17, 15) is 4.79 Å². The Kier molecular flexibility index (Phi) is 2.92. The van der Waals surface area contributed by atoms with Crippen molar-refractivity contribution < 1.29 is 4.79 Å². The van der Waals surface area contributed by atoms with E-state index in [-0.39, 0.29) is 6.03 Å². The molecule has 0 saturated carbocycles. The van der Waals surface area contributed by atoms with Crippen molar-refractivity contribution in [3.63, 3.8) is 0 Å². The smallest absolute Gasteiger partial charge is 0.314 e. The van der Waals surface area contributed by atoms with Crippen molar-refractivity contribution >= 4 is 6.03 Å². The fourth-order valence-corrected chi connectivity index (χ4v) is 1.49. The summed E-state index contributed by atoms with van der Waals surface area (Å²) in [5.41, 5.74) is 5.11. The highest BCUT2D eigenvalue weighted by molar-refractivity contribution is 5.72. The summed E-state index contributed by atoms with van der Waals surface area (Å²) in [4.78, 5) is 12.3. The molecule has 66 valence electrons. The molecule has 1 aliphatic rings. The van der Waals surface area contributed by atoms with E-state index in [0.717, 1.165) is 12.8 Å². The van der Waals surface area contributed by atoms with Crippen LogP contribution in [0.3, 0.4) is 0 Å². The molecule has 0 bridgehead atoms. The summed E-state index contributed by atoms with van der Waals surface area (Å²) in [5, 5.41) is 8.44. The number of nitrogens with zero attached hydrogens (tertiary/aromatic N) is 2. The van der Waals surface area contributed by atoms with E-state index in [4.69, 9.17) is 11.0 Å². The molecule has 0 spiro atoms. The first-order valence-corrected chi connectivity index (χ1v) is 4.15. The van der Waals surface area contributed by atoms with Crippen molar-refractivity contribution in [2.24, 2.45) is 11.7 Å². The van der Waals surface area contributed by atoms with E-state index in [0.29, 0.717) is 25.4 Å². The molecule has 0 atom stereocenters. The van der Waals surface area contributed by atoms with Crippen LogP contribution in [0, 0.1) is 17.2 Å². The molecule has 1 aliphatic heterocycles. The van der Waals surface area contributed by atoms with Gasteiger partial charge in [0.05, 0.1) is 6.07 Å². The van der Waals surface area contributed by atoms with Crippen LogP contribution in [0.2, 0.25) is 0 Å². The van der Waals surface area contributed by atoms with Crippen LogP contribution in [0.25, 0.3) is 0 Å². The molecule has 2 amide bonds. The Morgan fingerprint density at radius 2 is 2.17 bits per heavy atom. The van der Waals surface area contributed by atoms with Gasteiger partial charge in [0.1, 0.15) is 0 Å². The van der Waals surface area contributed by atoms with E-state index < -0.39 is 0 Å². The molecular weight excluding hydrogens is 154 g/mol. The van der Waals surface area contributed by atoms with Crippen LogP contribution in [0.4, 0.5) is 4.79 Å². The lowest BCUT2D eigenvalue weighted by Gasteiger charge is -2.29. The highest BCUT2D eigenvalue weighted by Gasteiger charge is 2.20. The van der Waals surface area contributed by atoms with Gasteiger partial charge in [-0.05, 0) is 18.8 Å². The number of piperidine rings is 1. The largest absolute Gasteiger partial charge is 0.351 e. The van der Waals surface area contributed by atoms with Crippen molar-refractivity contribution in [2.45, 2.75) is 19.3 Å². The first-order valence-electron chi connectivity index (χ1n) is 4.15. The summed E-state index contributed by atoms with van der Waals surface area (Å²) >= 11 is 0. The van der Waals surface area contributed by atoms with Crippen LogP contribution in [-0.2, 0) is 0 Å². The van der Waals surface area contributed by atoms with Crippen molar-refractivity contribution in [1.82, 2.24) is 4.90 Å². The minimum atomic E-state index is -0.342. The second-order valence-corrected chi connectivity index (χ2v) is 3.13. The Hall–Kier alpha value is -1.24. The van der Waals surface area contributed by atoms with Gasteiger partial charge in [-0.25, -0.2) is 4.79 Å². The fourth-order valence-electron chi connectivity index (χ4n) is 1.49. The minimum Gasteiger partial charge on any atom is -0.351 e. The number of nitrogens with two attached hydrogens (primary N) is 1. The Balaban J connectivity index is 2.30. The molecule has 0 aliphatic carbocycles. The lowest BCUT2D eigenvalue weighted by Crippen LogP contribution is -2.41. The lowest BCUT2D eigenvalue weighted by atomic mass is 9.94. The third-order valence-corrected chi connectivity index (χ3v) is 2.31. The van der Waals surface area contributed by atoms with Gasteiger partial charge < -0.3 is 10.6 Å². The third kappa shape index (κ3) is 2.12. The van der Waals surface area contributed by atoms with E-state index in [1.54, 1.807) is 4.90 Å². The lowest BCUT2D eigenvalue weighted by molar-refractivity contribution is 0.180. The molecule has 12 heavy (non-hydrogen) atoms. The maximum absolute atomic E-state index is 10.7. The van der Waals surface area contributed by atoms with Crippen LogP contribution in [-0.4, -0.2) is 24.0 Å². The molecular formula is C8H13N3O. The van der Waals surface area contributed by atoms with Crippen LogP contribution in [0.15, 0.2) is 0 Å². The number of rotatable bonds is 1. The third-order valence-electron chi connectivity index (χ3n) is 2.31. The van der Waals surface area contributed by atoms with Gasteiger partial charge in [-0.15, -0.1) is 0 Å². The standard InChI is InChI=1S/C8H13N3O/c9-4-1-7-2-5-11(6-3-7)8(10)12/h7H,1-3,5-6H2,(H2,10,12). The number of amides is 2. The number of urea groups is 1. The number of primary amides is 1. The van der Waals surface area contributed by atoms with Gasteiger partial charge in [0.25, 0.3) is 0 Å². The highest BCUT2D eigenvalue weighted by atomic mass is 16.2. The van der Waals surface area contributed by atoms with Gasteiger partial charge in [0, 0.05) is 19.5 Å². The molecule has 2 N–H and O–H groups in total. The highest BCUT2D eigenvalue weighted by Crippen LogP contribution is 2.19.